The van der Waals surface area contributed by atoms with Crippen LogP contribution in [0.1, 0.15) is 24.8 Å². The van der Waals surface area contributed by atoms with E-state index in [1.54, 1.807) is 0 Å². The maximum Gasteiger partial charge on any atom is 0.329 e. The van der Waals surface area contributed by atoms with Gasteiger partial charge in [-0.05, 0) is 37.2 Å². The van der Waals surface area contributed by atoms with Gasteiger partial charge >= 0.3 is 5.69 Å². The molecule has 1 aliphatic rings. The van der Waals surface area contributed by atoms with Crippen LogP contribution in [0.3, 0.4) is 0 Å². The average Bonchev–Trinajstić information content (AvgIpc) is 2.61. The molecule has 2 heterocycles. The Bertz CT molecular complexity index is 699. The monoisotopic (exact) mass is 327 g/mol. The number of benzene rings is 1. The molecule has 126 valence electrons. The minimum Gasteiger partial charge on any atom is -0.378 e. The van der Waals surface area contributed by atoms with E-state index >= 15 is 0 Å². The first kappa shape index (κ1) is 16.2. The van der Waals surface area contributed by atoms with Crippen molar-refractivity contribution < 1.29 is 4.92 Å². The molecule has 0 amide bonds. The van der Waals surface area contributed by atoms with Crippen LogP contribution in [0.5, 0.6) is 0 Å². The number of anilines is 2. The first-order valence-corrected chi connectivity index (χ1v) is 8.19. The van der Waals surface area contributed by atoms with Crippen LogP contribution in [0.25, 0.3) is 0 Å². The molecule has 0 spiro atoms. The van der Waals surface area contributed by atoms with Gasteiger partial charge in [-0.1, -0.05) is 30.3 Å². The third-order valence-electron chi connectivity index (χ3n) is 4.56. The second-order valence-corrected chi connectivity index (χ2v) is 6.15. The molecule has 2 aromatic rings. The Morgan fingerprint density at radius 2 is 1.96 bits per heavy atom. The normalized spacial score (nSPS) is 15.4. The van der Waals surface area contributed by atoms with Gasteiger partial charge in [0.15, 0.2) is 0 Å². The third-order valence-corrected chi connectivity index (χ3v) is 4.56. The number of nitro groups is 1. The fourth-order valence-electron chi connectivity index (χ4n) is 3.11. The van der Waals surface area contributed by atoms with Gasteiger partial charge in [0.25, 0.3) is 0 Å². The summed E-state index contributed by atoms with van der Waals surface area (Å²) >= 11 is 0. The molecule has 1 fully saturated rings. The predicted molar refractivity (Wildman–Crippen MR) is 92.8 cm³/mol. The fourth-order valence-corrected chi connectivity index (χ4v) is 3.11. The highest BCUT2D eigenvalue weighted by atomic mass is 16.6. The second-order valence-electron chi connectivity index (χ2n) is 6.15. The number of piperidine rings is 1. The number of rotatable bonds is 5. The molecule has 0 bridgehead atoms. The van der Waals surface area contributed by atoms with Crippen LogP contribution < -0.4 is 10.6 Å². The predicted octanol–water partition coefficient (Wildman–Crippen LogP) is 2.82. The van der Waals surface area contributed by atoms with Gasteiger partial charge in [0, 0.05) is 13.1 Å². The summed E-state index contributed by atoms with van der Waals surface area (Å²) < 4.78 is 0. The number of aryl methyl sites for hydroxylation is 1. The van der Waals surface area contributed by atoms with Gasteiger partial charge in [-0.25, -0.2) is 4.98 Å². The Kier molecular flexibility index (Phi) is 4.88. The molecule has 0 radical (unpaired) electrons. The van der Waals surface area contributed by atoms with Crippen molar-refractivity contribution in [1.82, 2.24) is 9.97 Å². The summed E-state index contributed by atoms with van der Waals surface area (Å²) in [6.45, 7) is 1.72. The lowest BCUT2D eigenvalue weighted by Gasteiger charge is -2.32. The smallest absolute Gasteiger partial charge is 0.329 e. The summed E-state index contributed by atoms with van der Waals surface area (Å²) in [6, 6.07) is 10.5. The van der Waals surface area contributed by atoms with Crippen LogP contribution in [-0.2, 0) is 6.42 Å². The van der Waals surface area contributed by atoms with E-state index in [2.05, 4.69) is 39.1 Å². The standard InChI is InChI=1S/C17H21N5O2/c18-16-15(22(23)24)12-19-17(20-16)21-10-8-14(9-11-21)7-6-13-4-2-1-3-5-13/h1-5,12,14H,6-11H2,(H2,18,19,20). The molecule has 1 aromatic heterocycles. The minimum absolute atomic E-state index is 0.0730. The number of nitrogens with zero attached hydrogens (tertiary/aromatic N) is 4. The van der Waals surface area contributed by atoms with Crippen LogP contribution in [0, 0.1) is 16.0 Å². The Morgan fingerprint density at radius 3 is 2.58 bits per heavy atom. The lowest BCUT2D eigenvalue weighted by atomic mass is 9.91. The Hall–Kier alpha value is -2.70. The topological polar surface area (TPSA) is 98.2 Å². The Labute approximate surface area is 140 Å². The fraction of sp³-hybridized carbons (Fsp3) is 0.412. The molecule has 1 aliphatic heterocycles. The zero-order chi connectivity index (χ0) is 16.9. The first-order chi connectivity index (χ1) is 11.6. The van der Waals surface area contributed by atoms with E-state index in [4.69, 9.17) is 5.73 Å². The highest BCUT2D eigenvalue weighted by Gasteiger charge is 2.23. The van der Waals surface area contributed by atoms with Crippen molar-refractivity contribution in [1.29, 1.82) is 0 Å². The van der Waals surface area contributed by atoms with Gasteiger partial charge in [-0.15, -0.1) is 0 Å². The molecule has 24 heavy (non-hydrogen) atoms. The van der Waals surface area contributed by atoms with Crippen LogP contribution in [0.2, 0.25) is 0 Å². The van der Waals surface area contributed by atoms with Gasteiger partial charge in [-0.2, -0.15) is 4.98 Å². The van der Waals surface area contributed by atoms with E-state index in [1.807, 2.05) is 6.07 Å². The van der Waals surface area contributed by atoms with Crippen LogP contribution in [0.4, 0.5) is 17.5 Å². The van der Waals surface area contributed by atoms with E-state index in [9.17, 15) is 10.1 Å². The van der Waals surface area contributed by atoms with Crippen molar-refractivity contribution in [2.24, 2.45) is 5.92 Å². The van der Waals surface area contributed by atoms with Crippen LogP contribution >= 0.6 is 0 Å². The quantitative estimate of drug-likeness (QED) is 0.670. The number of aromatic nitrogens is 2. The van der Waals surface area contributed by atoms with E-state index < -0.39 is 4.92 Å². The molecular formula is C17H21N5O2. The number of nitrogens with two attached hydrogens (primary N) is 1. The summed E-state index contributed by atoms with van der Waals surface area (Å²) in [5.41, 5.74) is 6.79. The zero-order valence-electron chi connectivity index (χ0n) is 13.5. The van der Waals surface area contributed by atoms with Crippen molar-refractivity contribution in [3.8, 4) is 0 Å². The van der Waals surface area contributed by atoms with Gasteiger partial charge in [0.2, 0.25) is 11.8 Å². The SMILES string of the molecule is Nc1nc(N2CCC(CCc3ccccc3)CC2)ncc1[N+](=O)[O-]. The highest BCUT2D eigenvalue weighted by Crippen LogP contribution is 2.26. The lowest BCUT2D eigenvalue weighted by Crippen LogP contribution is -2.35. The van der Waals surface area contributed by atoms with E-state index in [1.165, 1.54) is 18.2 Å². The molecule has 0 atom stereocenters. The second kappa shape index (κ2) is 7.25. The summed E-state index contributed by atoms with van der Waals surface area (Å²) in [5.74, 6) is 1.10. The summed E-state index contributed by atoms with van der Waals surface area (Å²) in [6.07, 6.45) is 5.63. The molecule has 1 aromatic carbocycles. The number of hydrogen-bond acceptors (Lipinski definition) is 6. The zero-order valence-corrected chi connectivity index (χ0v) is 13.5. The average molecular weight is 327 g/mol. The molecule has 1 saturated heterocycles. The molecular weight excluding hydrogens is 306 g/mol. The maximum atomic E-state index is 10.8. The first-order valence-electron chi connectivity index (χ1n) is 8.19. The largest absolute Gasteiger partial charge is 0.378 e. The Morgan fingerprint density at radius 1 is 1.25 bits per heavy atom. The molecule has 3 rings (SSSR count). The maximum absolute atomic E-state index is 10.8. The Balaban J connectivity index is 1.53. The van der Waals surface area contributed by atoms with Crippen molar-refractivity contribution in [3.05, 3.63) is 52.2 Å². The van der Waals surface area contributed by atoms with Crippen LogP contribution in [-0.4, -0.2) is 28.0 Å². The van der Waals surface area contributed by atoms with Gasteiger partial charge < -0.3 is 10.6 Å². The molecule has 7 nitrogen and oxygen atoms in total. The van der Waals surface area contributed by atoms with Gasteiger partial charge in [-0.3, -0.25) is 10.1 Å². The molecule has 0 aliphatic carbocycles. The van der Waals surface area contributed by atoms with Gasteiger partial charge in [0.1, 0.15) is 6.20 Å². The van der Waals surface area contributed by atoms with E-state index in [0.29, 0.717) is 11.9 Å². The number of hydrogen-bond donors (Lipinski definition) is 1. The summed E-state index contributed by atoms with van der Waals surface area (Å²) in [4.78, 5) is 20.5. The number of nitrogen functional groups attached to an aromatic ring is 1. The summed E-state index contributed by atoms with van der Waals surface area (Å²) in [5, 5.41) is 10.8. The summed E-state index contributed by atoms with van der Waals surface area (Å²) in [7, 11) is 0. The van der Waals surface area contributed by atoms with Crippen molar-refractivity contribution >= 4 is 17.5 Å². The van der Waals surface area contributed by atoms with Crippen molar-refractivity contribution in [3.63, 3.8) is 0 Å². The minimum atomic E-state index is -0.561. The van der Waals surface area contributed by atoms with Crippen molar-refractivity contribution in [2.75, 3.05) is 23.7 Å². The molecule has 0 unspecified atom stereocenters. The van der Waals surface area contributed by atoms with E-state index in [-0.39, 0.29) is 11.5 Å². The van der Waals surface area contributed by atoms with Gasteiger partial charge in [0.05, 0.1) is 4.92 Å². The third kappa shape index (κ3) is 3.79. The molecule has 0 saturated carbocycles. The molecule has 2 N–H and O–H groups in total. The van der Waals surface area contributed by atoms with E-state index in [0.717, 1.165) is 32.4 Å². The van der Waals surface area contributed by atoms with Crippen LogP contribution in [0.15, 0.2) is 36.5 Å². The molecule has 7 heteroatoms. The lowest BCUT2D eigenvalue weighted by molar-refractivity contribution is -0.384. The highest BCUT2D eigenvalue weighted by molar-refractivity contribution is 5.53. The van der Waals surface area contributed by atoms with Crippen molar-refractivity contribution in [2.45, 2.75) is 25.7 Å².